The van der Waals surface area contributed by atoms with Crippen LogP contribution in [0, 0.1) is 0 Å². The van der Waals surface area contributed by atoms with Gasteiger partial charge < -0.3 is 0 Å². The molecule has 0 aliphatic carbocycles. The van der Waals surface area contributed by atoms with Crippen LogP contribution in [0.2, 0.25) is 0 Å². The molecular weight excluding hydrogens is 260 g/mol. The molecule has 0 amide bonds. The first-order valence-corrected chi connectivity index (χ1v) is 7.76. The van der Waals surface area contributed by atoms with Crippen LogP contribution >= 0.6 is 10.7 Å². The van der Waals surface area contributed by atoms with Gasteiger partial charge in [-0.25, -0.2) is 8.42 Å². The molecule has 1 aromatic rings. The quantitative estimate of drug-likeness (QED) is 0.804. The number of benzene rings is 1. The Hall–Kier alpha value is -0.620. The van der Waals surface area contributed by atoms with Crippen LogP contribution in [-0.4, -0.2) is 20.5 Å². The molecule has 1 aliphatic rings. The SMILES string of the molecule is CC1NNC(C)C1c1ccc(S(=O)(=O)Cl)cc1. The highest BCUT2D eigenvalue weighted by Crippen LogP contribution is 2.28. The van der Waals surface area contributed by atoms with Crippen molar-refractivity contribution in [3.8, 4) is 0 Å². The molecule has 6 heteroatoms. The molecule has 2 N–H and O–H groups in total. The van der Waals surface area contributed by atoms with E-state index in [1.165, 1.54) is 0 Å². The number of hydrogen-bond acceptors (Lipinski definition) is 4. The van der Waals surface area contributed by atoms with E-state index >= 15 is 0 Å². The molecule has 0 bridgehead atoms. The highest BCUT2D eigenvalue weighted by atomic mass is 35.7. The summed E-state index contributed by atoms with van der Waals surface area (Å²) in [5.74, 6) is 0.321. The van der Waals surface area contributed by atoms with E-state index in [0.717, 1.165) is 5.56 Å². The predicted octanol–water partition coefficient (Wildman–Crippen LogP) is 1.58. The second-order valence-electron chi connectivity index (χ2n) is 4.40. The van der Waals surface area contributed by atoms with Crippen LogP contribution in [-0.2, 0) is 9.05 Å². The lowest BCUT2D eigenvalue weighted by molar-refractivity contribution is 0.567. The number of hydrogen-bond donors (Lipinski definition) is 2. The third kappa shape index (κ3) is 2.63. The Balaban J connectivity index is 2.30. The summed E-state index contributed by atoms with van der Waals surface area (Å²) < 4.78 is 22.3. The zero-order chi connectivity index (χ0) is 12.6. The fourth-order valence-electron chi connectivity index (χ4n) is 2.31. The van der Waals surface area contributed by atoms with Gasteiger partial charge in [0.05, 0.1) is 4.90 Å². The summed E-state index contributed by atoms with van der Waals surface area (Å²) in [7, 11) is 1.65. The molecule has 17 heavy (non-hydrogen) atoms. The van der Waals surface area contributed by atoms with Crippen molar-refractivity contribution in [1.82, 2.24) is 10.9 Å². The van der Waals surface area contributed by atoms with E-state index in [2.05, 4.69) is 24.7 Å². The molecule has 1 aliphatic heterocycles. The van der Waals surface area contributed by atoms with Gasteiger partial charge in [-0.3, -0.25) is 10.9 Å². The van der Waals surface area contributed by atoms with Crippen molar-refractivity contribution in [1.29, 1.82) is 0 Å². The summed E-state index contributed by atoms with van der Waals surface area (Å²) in [5.41, 5.74) is 7.44. The van der Waals surface area contributed by atoms with Crippen LogP contribution in [0.4, 0.5) is 0 Å². The second-order valence-corrected chi connectivity index (χ2v) is 6.96. The maximum Gasteiger partial charge on any atom is 0.261 e. The predicted molar refractivity (Wildman–Crippen MR) is 67.4 cm³/mol. The number of nitrogens with one attached hydrogen (secondary N) is 2. The van der Waals surface area contributed by atoms with Crippen LogP contribution in [0.1, 0.15) is 25.3 Å². The molecule has 2 atom stereocenters. The number of rotatable bonds is 2. The van der Waals surface area contributed by atoms with Gasteiger partial charge >= 0.3 is 0 Å². The van der Waals surface area contributed by atoms with Crippen molar-refractivity contribution in [3.63, 3.8) is 0 Å². The summed E-state index contributed by atoms with van der Waals surface area (Å²) in [5, 5.41) is 0. The minimum atomic E-state index is -3.63. The first kappa shape index (κ1) is 12.8. The third-order valence-electron chi connectivity index (χ3n) is 3.16. The normalized spacial score (nSPS) is 29.5. The molecule has 94 valence electrons. The fourth-order valence-corrected chi connectivity index (χ4v) is 3.08. The maximum atomic E-state index is 11.1. The standard InChI is InChI=1S/C11H15ClN2O2S/c1-7-11(8(2)14-13-7)9-3-5-10(6-4-9)17(12,15)16/h3-8,11,13-14H,1-2H3. The van der Waals surface area contributed by atoms with Gasteiger partial charge in [0, 0.05) is 28.7 Å². The molecule has 1 fully saturated rings. The molecule has 0 saturated carbocycles. The van der Waals surface area contributed by atoms with Gasteiger partial charge in [0.15, 0.2) is 0 Å². The van der Waals surface area contributed by atoms with E-state index in [-0.39, 0.29) is 4.90 Å². The smallest absolute Gasteiger partial charge is 0.254 e. The first-order chi connectivity index (χ1) is 7.89. The Morgan fingerprint density at radius 2 is 1.53 bits per heavy atom. The topological polar surface area (TPSA) is 58.2 Å². The summed E-state index contributed by atoms with van der Waals surface area (Å²) >= 11 is 0. The summed E-state index contributed by atoms with van der Waals surface area (Å²) in [6.45, 7) is 4.18. The van der Waals surface area contributed by atoms with Gasteiger partial charge in [0.2, 0.25) is 0 Å². The Labute approximate surface area is 106 Å². The van der Waals surface area contributed by atoms with Gasteiger partial charge in [-0.15, -0.1) is 0 Å². The van der Waals surface area contributed by atoms with Gasteiger partial charge in [0.1, 0.15) is 0 Å². The van der Waals surface area contributed by atoms with E-state index in [9.17, 15) is 8.42 Å². The van der Waals surface area contributed by atoms with Crippen LogP contribution < -0.4 is 10.9 Å². The van der Waals surface area contributed by atoms with Crippen molar-refractivity contribution in [3.05, 3.63) is 29.8 Å². The first-order valence-electron chi connectivity index (χ1n) is 5.45. The zero-order valence-electron chi connectivity index (χ0n) is 9.64. The largest absolute Gasteiger partial charge is 0.261 e. The third-order valence-corrected chi connectivity index (χ3v) is 4.53. The van der Waals surface area contributed by atoms with Crippen LogP contribution in [0.15, 0.2) is 29.2 Å². The van der Waals surface area contributed by atoms with E-state index in [1.54, 1.807) is 12.1 Å². The molecule has 0 radical (unpaired) electrons. The van der Waals surface area contributed by atoms with Gasteiger partial charge in [0.25, 0.3) is 9.05 Å². The van der Waals surface area contributed by atoms with Crippen LogP contribution in [0.25, 0.3) is 0 Å². The Bertz CT molecular complexity index is 491. The van der Waals surface area contributed by atoms with E-state index in [4.69, 9.17) is 10.7 Å². The lowest BCUT2D eigenvalue weighted by atomic mass is 9.89. The highest BCUT2D eigenvalue weighted by Gasteiger charge is 2.31. The molecule has 1 aromatic carbocycles. The number of hydrazine groups is 1. The fraction of sp³-hybridized carbons (Fsp3) is 0.455. The Kier molecular flexibility index (Phi) is 3.45. The minimum absolute atomic E-state index is 0.141. The lowest BCUT2D eigenvalue weighted by Gasteiger charge is -2.18. The van der Waals surface area contributed by atoms with Gasteiger partial charge in [-0.2, -0.15) is 0 Å². The van der Waals surface area contributed by atoms with Crippen molar-refractivity contribution >= 4 is 19.7 Å². The Morgan fingerprint density at radius 3 is 1.94 bits per heavy atom. The molecule has 2 unspecified atom stereocenters. The van der Waals surface area contributed by atoms with Crippen molar-refractivity contribution < 1.29 is 8.42 Å². The van der Waals surface area contributed by atoms with Crippen LogP contribution in [0.3, 0.4) is 0 Å². The van der Waals surface area contributed by atoms with Gasteiger partial charge in [-0.1, -0.05) is 12.1 Å². The minimum Gasteiger partial charge on any atom is -0.254 e. The van der Waals surface area contributed by atoms with Crippen molar-refractivity contribution in [2.75, 3.05) is 0 Å². The summed E-state index contributed by atoms with van der Waals surface area (Å²) in [6.07, 6.45) is 0. The van der Waals surface area contributed by atoms with E-state index in [1.807, 2.05) is 12.1 Å². The number of halogens is 1. The molecule has 4 nitrogen and oxygen atoms in total. The summed E-state index contributed by atoms with van der Waals surface area (Å²) in [4.78, 5) is 0.141. The van der Waals surface area contributed by atoms with E-state index in [0.29, 0.717) is 18.0 Å². The summed E-state index contributed by atoms with van der Waals surface area (Å²) in [6, 6.07) is 7.36. The van der Waals surface area contributed by atoms with Crippen molar-refractivity contribution in [2.24, 2.45) is 0 Å². The van der Waals surface area contributed by atoms with Crippen LogP contribution in [0.5, 0.6) is 0 Å². The monoisotopic (exact) mass is 274 g/mol. The molecule has 2 rings (SSSR count). The molecule has 0 aromatic heterocycles. The van der Waals surface area contributed by atoms with E-state index < -0.39 is 9.05 Å². The molecule has 1 saturated heterocycles. The van der Waals surface area contributed by atoms with Crippen molar-refractivity contribution in [2.45, 2.75) is 36.7 Å². The molecule has 0 spiro atoms. The molecule has 1 heterocycles. The molecular formula is C11H15ClN2O2S. The van der Waals surface area contributed by atoms with Gasteiger partial charge in [-0.05, 0) is 31.5 Å². The average Bonchev–Trinajstić information content (AvgIpc) is 2.58. The maximum absolute atomic E-state index is 11.1. The highest BCUT2D eigenvalue weighted by molar-refractivity contribution is 8.13. The lowest BCUT2D eigenvalue weighted by Crippen LogP contribution is -2.30. The Morgan fingerprint density at radius 1 is 1.06 bits per heavy atom. The second kappa shape index (κ2) is 4.57. The zero-order valence-corrected chi connectivity index (χ0v) is 11.2. The average molecular weight is 275 g/mol.